The number of hydrogen-bond acceptors (Lipinski definition) is 8. The Hall–Kier alpha value is -3.73. The first-order valence-corrected chi connectivity index (χ1v) is 13.8. The molecule has 0 aliphatic rings. The Kier molecular flexibility index (Phi) is 7.99. The number of hydrogen-bond donors (Lipinski definition) is 3. The number of rotatable bonds is 9. The van der Waals surface area contributed by atoms with Crippen molar-refractivity contribution in [2.24, 2.45) is 5.10 Å². The van der Waals surface area contributed by atoms with E-state index < -0.39 is 10.0 Å². The smallest absolute Gasteiger partial charge is 0.240 e. The van der Waals surface area contributed by atoms with Gasteiger partial charge in [-0.25, -0.2) is 18.1 Å². The van der Waals surface area contributed by atoms with Gasteiger partial charge in [0, 0.05) is 22.3 Å². The highest BCUT2D eigenvalue weighted by Gasteiger charge is 2.12. The van der Waals surface area contributed by atoms with Gasteiger partial charge in [-0.3, -0.25) is 5.43 Å². The lowest BCUT2D eigenvalue weighted by Crippen LogP contribution is -2.18. The van der Waals surface area contributed by atoms with Crippen LogP contribution in [0.3, 0.4) is 0 Å². The molecule has 0 aliphatic carbocycles. The predicted octanol–water partition coefficient (Wildman–Crippen LogP) is 5.35. The molecule has 0 atom stereocenters. The number of sulfonamides is 1. The average molecular weight is 519 g/mol. The van der Waals surface area contributed by atoms with Crippen LogP contribution < -0.4 is 15.5 Å². The first kappa shape index (κ1) is 25.4. The molecule has 0 saturated heterocycles. The monoisotopic (exact) mass is 518 g/mol. The van der Waals surface area contributed by atoms with E-state index in [9.17, 15) is 8.42 Å². The fraction of sp³-hybridized carbons (Fsp3) is 0.115. The molecule has 0 bridgehead atoms. The van der Waals surface area contributed by atoms with Gasteiger partial charge in [-0.05, 0) is 67.8 Å². The average Bonchev–Trinajstić information content (AvgIpc) is 2.92. The molecule has 8 nitrogen and oxygen atoms in total. The third kappa shape index (κ3) is 6.09. The highest BCUT2D eigenvalue weighted by molar-refractivity contribution is 7.98. The molecule has 3 aromatic carbocycles. The van der Waals surface area contributed by atoms with E-state index in [2.05, 4.69) is 42.7 Å². The summed E-state index contributed by atoms with van der Waals surface area (Å²) in [6.07, 6.45) is 3.80. The van der Waals surface area contributed by atoms with Gasteiger partial charge in [0.25, 0.3) is 0 Å². The molecule has 0 aliphatic heterocycles. The largest absolute Gasteiger partial charge is 0.324 e. The lowest BCUT2D eigenvalue weighted by atomic mass is 10.1. The van der Waals surface area contributed by atoms with Gasteiger partial charge >= 0.3 is 0 Å². The topological polar surface area (TPSA) is 108 Å². The highest BCUT2D eigenvalue weighted by atomic mass is 32.2. The molecule has 3 N–H and O–H groups in total. The standard InChI is InChI=1S/C26H26N6O2S2/c1-18(19-11-15-23(16-12-19)36(33,34)27-2)31-32-25-24(20-9-13-22(35-3)14-10-20)17-28-26(30-25)29-21-7-5-4-6-8-21/h4-17,27H,1-3H3,(H2,28,29,30,32). The van der Waals surface area contributed by atoms with Gasteiger partial charge in [0.2, 0.25) is 16.0 Å². The SMILES string of the molecule is CNS(=O)(=O)c1ccc(C(C)=NNc2nc(Nc3ccccc3)ncc2-c2ccc(SC)cc2)cc1. The zero-order valence-corrected chi connectivity index (χ0v) is 21.7. The summed E-state index contributed by atoms with van der Waals surface area (Å²) in [5.41, 5.74) is 7.16. The van der Waals surface area contributed by atoms with E-state index in [4.69, 9.17) is 0 Å². The van der Waals surface area contributed by atoms with Crippen LogP contribution in [0.2, 0.25) is 0 Å². The highest BCUT2D eigenvalue weighted by Crippen LogP contribution is 2.29. The van der Waals surface area contributed by atoms with Crippen LogP contribution in [0.15, 0.2) is 100.0 Å². The van der Waals surface area contributed by atoms with Crippen molar-refractivity contribution < 1.29 is 8.42 Å². The summed E-state index contributed by atoms with van der Waals surface area (Å²) in [4.78, 5) is 10.5. The number of hydrazone groups is 1. The van der Waals surface area contributed by atoms with E-state index in [1.807, 2.05) is 55.6 Å². The van der Waals surface area contributed by atoms with Crippen LogP contribution in [0, 0.1) is 0 Å². The van der Waals surface area contributed by atoms with Crippen molar-refractivity contribution in [3.63, 3.8) is 0 Å². The summed E-state index contributed by atoms with van der Waals surface area (Å²) in [6, 6.07) is 24.4. The van der Waals surface area contributed by atoms with Crippen molar-refractivity contribution in [1.82, 2.24) is 14.7 Å². The van der Waals surface area contributed by atoms with E-state index in [0.717, 1.165) is 27.3 Å². The Morgan fingerprint density at radius 3 is 2.28 bits per heavy atom. The fourth-order valence-electron chi connectivity index (χ4n) is 3.35. The maximum atomic E-state index is 12.0. The molecule has 1 heterocycles. The molecule has 184 valence electrons. The number of para-hydroxylation sites is 1. The van der Waals surface area contributed by atoms with Crippen LogP contribution >= 0.6 is 11.8 Å². The number of aromatic nitrogens is 2. The van der Waals surface area contributed by atoms with Crippen molar-refractivity contribution in [2.75, 3.05) is 24.0 Å². The van der Waals surface area contributed by atoms with Crippen molar-refractivity contribution in [3.05, 3.63) is 90.6 Å². The van der Waals surface area contributed by atoms with Crippen LogP contribution in [0.4, 0.5) is 17.5 Å². The van der Waals surface area contributed by atoms with Crippen molar-refractivity contribution in [3.8, 4) is 11.1 Å². The first-order chi connectivity index (χ1) is 17.4. The molecule has 36 heavy (non-hydrogen) atoms. The van der Waals surface area contributed by atoms with E-state index in [-0.39, 0.29) is 4.90 Å². The van der Waals surface area contributed by atoms with Gasteiger partial charge in [-0.2, -0.15) is 10.1 Å². The second-order valence-electron chi connectivity index (χ2n) is 7.72. The Morgan fingerprint density at radius 1 is 0.944 bits per heavy atom. The van der Waals surface area contributed by atoms with Gasteiger partial charge in [0.1, 0.15) is 0 Å². The van der Waals surface area contributed by atoms with Crippen LogP contribution in [0.25, 0.3) is 11.1 Å². The minimum absolute atomic E-state index is 0.193. The zero-order valence-electron chi connectivity index (χ0n) is 20.1. The summed E-state index contributed by atoms with van der Waals surface area (Å²) < 4.78 is 26.3. The third-order valence-electron chi connectivity index (χ3n) is 5.40. The molecule has 0 fully saturated rings. The van der Waals surface area contributed by atoms with E-state index in [1.54, 1.807) is 42.2 Å². The zero-order chi connectivity index (χ0) is 25.5. The van der Waals surface area contributed by atoms with Gasteiger partial charge in [-0.1, -0.05) is 42.5 Å². The maximum Gasteiger partial charge on any atom is 0.240 e. The quantitative estimate of drug-likeness (QED) is 0.156. The van der Waals surface area contributed by atoms with Crippen molar-refractivity contribution in [1.29, 1.82) is 0 Å². The van der Waals surface area contributed by atoms with Crippen LogP contribution in [-0.2, 0) is 10.0 Å². The van der Waals surface area contributed by atoms with E-state index >= 15 is 0 Å². The molecule has 0 spiro atoms. The normalized spacial score (nSPS) is 11.8. The number of anilines is 3. The van der Waals surface area contributed by atoms with Crippen LogP contribution in [-0.4, -0.2) is 37.4 Å². The van der Waals surface area contributed by atoms with Crippen molar-refractivity contribution >= 4 is 45.0 Å². The molecular weight excluding hydrogens is 492 g/mol. The lowest BCUT2D eigenvalue weighted by Gasteiger charge is -2.12. The summed E-state index contributed by atoms with van der Waals surface area (Å²) in [5, 5.41) is 7.73. The molecule has 0 amide bonds. The van der Waals surface area contributed by atoms with Gasteiger partial charge in [0.15, 0.2) is 5.82 Å². The lowest BCUT2D eigenvalue weighted by molar-refractivity contribution is 0.588. The minimum atomic E-state index is -3.50. The van der Waals surface area contributed by atoms with E-state index in [1.165, 1.54) is 7.05 Å². The number of thioether (sulfide) groups is 1. The molecule has 10 heteroatoms. The third-order valence-corrected chi connectivity index (χ3v) is 7.57. The summed E-state index contributed by atoms with van der Waals surface area (Å²) in [6.45, 7) is 1.84. The second kappa shape index (κ2) is 11.3. The maximum absolute atomic E-state index is 12.0. The predicted molar refractivity (Wildman–Crippen MR) is 147 cm³/mol. The summed E-state index contributed by atoms with van der Waals surface area (Å²) >= 11 is 1.68. The molecule has 0 unspecified atom stereocenters. The number of nitrogens with zero attached hydrogens (tertiary/aromatic N) is 3. The van der Waals surface area contributed by atoms with Crippen LogP contribution in [0.1, 0.15) is 12.5 Å². The summed E-state index contributed by atoms with van der Waals surface area (Å²) in [5.74, 6) is 0.969. The Labute approximate surface area is 215 Å². The molecule has 0 saturated carbocycles. The fourth-order valence-corrected chi connectivity index (χ4v) is 4.49. The molecule has 0 radical (unpaired) electrons. The molecule has 1 aromatic heterocycles. The van der Waals surface area contributed by atoms with Crippen molar-refractivity contribution in [2.45, 2.75) is 16.7 Å². The Bertz CT molecular complexity index is 1460. The van der Waals surface area contributed by atoms with Gasteiger partial charge in [-0.15, -0.1) is 11.8 Å². The van der Waals surface area contributed by atoms with Gasteiger partial charge < -0.3 is 5.32 Å². The number of nitrogens with one attached hydrogen (secondary N) is 3. The number of benzene rings is 3. The second-order valence-corrected chi connectivity index (χ2v) is 10.5. The molecule has 4 aromatic rings. The van der Waals surface area contributed by atoms with E-state index in [0.29, 0.717) is 17.5 Å². The molecule has 4 rings (SSSR count). The molecular formula is C26H26N6O2S2. The Balaban J connectivity index is 1.65. The minimum Gasteiger partial charge on any atom is -0.324 e. The van der Waals surface area contributed by atoms with Crippen LogP contribution in [0.5, 0.6) is 0 Å². The van der Waals surface area contributed by atoms with Gasteiger partial charge in [0.05, 0.1) is 10.6 Å². The Morgan fingerprint density at radius 2 is 1.64 bits per heavy atom. The first-order valence-electron chi connectivity index (χ1n) is 11.1. The summed E-state index contributed by atoms with van der Waals surface area (Å²) in [7, 11) is -2.12.